The van der Waals surface area contributed by atoms with Gasteiger partial charge in [-0.25, -0.2) is 4.79 Å². The zero-order chi connectivity index (χ0) is 26.0. The number of rotatable bonds is 13. The molecule has 0 heterocycles. The van der Waals surface area contributed by atoms with E-state index < -0.39 is 60.6 Å². The topological polar surface area (TPSA) is 211 Å². The lowest BCUT2D eigenvalue weighted by atomic mass is 10.0. The summed E-state index contributed by atoms with van der Waals surface area (Å²) in [5.41, 5.74) is 6.33. The molecule has 0 aliphatic rings. The second kappa shape index (κ2) is 13.5. The minimum Gasteiger partial charge on any atom is -0.508 e. The van der Waals surface area contributed by atoms with Crippen LogP contribution in [0.1, 0.15) is 32.8 Å². The number of aliphatic hydroxyl groups is 2. The Morgan fingerprint density at radius 3 is 1.91 bits per heavy atom. The lowest BCUT2D eigenvalue weighted by molar-refractivity contribution is -0.145. The number of carbonyl (C=O) groups is 4. The fraction of sp³-hybridized carbons (Fsp3) is 0.545. The Labute approximate surface area is 197 Å². The number of carbonyl (C=O) groups excluding carboxylic acids is 3. The van der Waals surface area contributed by atoms with Gasteiger partial charge in [-0.2, -0.15) is 0 Å². The van der Waals surface area contributed by atoms with Crippen LogP contribution in [0.2, 0.25) is 0 Å². The first-order valence-corrected chi connectivity index (χ1v) is 10.8. The Morgan fingerprint density at radius 2 is 1.44 bits per heavy atom. The number of phenols is 1. The van der Waals surface area contributed by atoms with E-state index >= 15 is 0 Å². The summed E-state index contributed by atoms with van der Waals surface area (Å²) in [6.45, 7) is 4.15. The molecule has 0 radical (unpaired) electrons. The summed E-state index contributed by atoms with van der Waals surface area (Å²) in [5, 5.41) is 44.9. The first kappa shape index (κ1) is 28.8. The second-order valence-corrected chi connectivity index (χ2v) is 8.48. The Kier molecular flexibility index (Phi) is 11.4. The number of aliphatic hydroxyl groups excluding tert-OH is 2. The maximum absolute atomic E-state index is 12.8. The predicted octanol–water partition coefficient (Wildman–Crippen LogP) is -1.78. The Morgan fingerprint density at radius 1 is 0.912 bits per heavy atom. The molecule has 190 valence electrons. The molecule has 5 unspecified atom stereocenters. The molecule has 9 N–H and O–H groups in total. The van der Waals surface area contributed by atoms with E-state index in [2.05, 4.69) is 16.0 Å². The van der Waals surface area contributed by atoms with Crippen LogP contribution in [-0.4, -0.2) is 81.0 Å². The van der Waals surface area contributed by atoms with Gasteiger partial charge in [0.05, 0.1) is 18.8 Å². The fourth-order valence-electron chi connectivity index (χ4n) is 3.08. The third-order valence-electron chi connectivity index (χ3n) is 4.93. The largest absolute Gasteiger partial charge is 0.508 e. The number of nitrogens with two attached hydrogens (primary N) is 1. The number of phenolic OH excluding ortho intramolecular Hbond substituents is 1. The van der Waals surface area contributed by atoms with E-state index in [-0.39, 0.29) is 18.1 Å². The average molecular weight is 483 g/mol. The van der Waals surface area contributed by atoms with E-state index in [9.17, 15) is 39.6 Å². The van der Waals surface area contributed by atoms with Crippen LogP contribution in [0.3, 0.4) is 0 Å². The van der Waals surface area contributed by atoms with E-state index in [0.717, 1.165) is 0 Å². The normalized spacial score (nSPS) is 15.5. The van der Waals surface area contributed by atoms with Gasteiger partial charge in [0.2, 0.25) is 17.7 Å². The quantitative estimate of drug-likeness (QED) is 0.159. The van der Waals surface area contributed by atoms with Crippen LogP contribution >= 0.6 is 0 Å². The maximum Gasteiger partial charge on any atom is 0.328 e. The van der Waals surface area contributed by atoms with Crippen LogP contribution < -0.4 is 21.7 Å². The van der Waals surface area contributed by atoms with E-state index in [1.54, 1.807) is 0 Å². The van der Waals surface area contributed by atoms with Crippen molar-refractivity contribution in [3.63, 3.8) is 0 Å². The molecular formula is C22H34N4O8. The smallest absolute Gasteiger partial charge is 0.328 e. The van der Waals surface area contributed by atoms with Crippen molar-refractivity contribution < 1.29 is 39.6 Å². The lowest BCUT2D eigenvalue weighted by Gasteiger charge is -2.25. The minimum atomic E-state index is -1.63. The zero-order valence-corrected chi connectivity index (χ0v) is 19.4. The molecule has 1 rings (SSSR count). The lowest BCUT2D eigenvalue weighted by Crippen LogP contribution is -2.59. The number of carboxylic acids is 1. The molecule has 0 saturated heterocycles. The third kappa shape index (κ3) is 9.33. The molecule has 34 heavy (non-hydrogen) atoms. The zero-order valence-electron chi connectivity index (χ0n) is 19.4. The van der Waals surface area contributed by atoms with Crippen LogP contribution in [0.5, 0.6) is 5.75 Å². The second-order valence-electron chi connectivity index (χ2n) is 8.48. The molecule has 0 aromatic heterocycles. The number of aliphatic carboxylic acids is 1. The molecule has 0 aliphatic heterocycles. The number of benzene rings is 1. The van der Waals surface area contributed by atoms with Crippen molar-refractivity contribution in [2.24, 2.45) is 11.7 Å². The van der Waals surface area contributed by atoms with Gasteiger partial charge in [-0.05, 0) is 37.0 Å². The first-order valence-electron chi connectivity index (χ1n) is 10.8. The van der Waals surface area contributed by atoms with Crippen LogP contribution in [0.25, 0.3) is 0 Å². The number of nitrogens with one attached hydrogen (secondary N) is 3. The molecular weight excluding hydrogens is 448 g/mol. The summed E-state index contributed by atoms with van der Waals surface area (Å²) < 4.78 is 0. The Bertz CT molecular complexity index is 844. The van der Waals surface area contributed by atoms with Gasteiger partial charge < -0.3 is 42.1 Å². The number of carboxylic acid groups (broad SMARTS) is 1. The summed E-state index contributed by atoms with van der Waals surface area (Å²) >= 11 is 0. The van der Waals surface area contributed by atoms with Gasteiger partial charge >= 0.3 is 5.97 Å². The first-order chi connectivity index (χ1) is 15.8. The Balaban J connectivity index is 3.04. The highest BCUT2D eigenvalue weighted by atomic mass is 16.4. The number of aromatic hydroxyl groups is 1. The molecule has 12 nitrogen and oxygen atoms in total. The summed E-state index contributed by atoms with van der Waals surface area (Å²) in [6.07, 6.45) is -1.17. The monoisotopic (exact) mass is 482 g/mol. The molecule has 0 saturated carbocycles. The highest BCUT2D eigenvalue weighted by Crippen LogP contribution is 2.12. The SMILES string of the molecule is CC(C)CC(N)C(=O)NC(CO)C(=O)NC(Cc1ccc(O)cc1)C(=O)NC(C(=O)O)C(C)O. The van der Waals surface area contributed by atoms with Crippen LogP contribution in [-0.2, 0) is 25.6 Å². The van der Waals surface area contributed by atoms with Crippen molar-refractivity contribution in [1.82, 2.24) is 16.0 Å². The van der Waals surface area contributed by atoms with Crippen molar-refractivity contribution >= 4 is 23.7 Å². The van der Waals surface area contributed by atoms with Gasteiger partial charge in [0.25, 0.3) is 0 Å². The summed E-state index contributed by atoms with van der Waals surface area (Å²) in [6, 6.07) is 0.474. The molecule has 1 aromatic rings. The fourth-order valence-corrected chi connectivity index (χ4v) is 3.08. The predicted molar refractivity (Wildman–Crippen MR) is 121 cm³/mol. The van der Waals surface area contributed by atoms with Gasteiger partial charge in [0.15, 0.2) is 6.04 Å². The highest BCUT2D eigenvalue weighted by Gasteiger charge is 2.32. The van der Waals surface area contributed by atoms with Gasteiger partial charge in [-0.1, -0.05) is 26.0 Å². The average Bonchev–Trinajstić information content (AvgIpc) is 2.75. The maximum atomic E-state index is 12.8. The van der Waals surface area contributed by atoms with Crippen molar-refractivity contribution in [2.45, 2.75) is 63.9 Å². The van der Waals surface area contributed by atoms with Crippen LogP contribution in [0, 0.1) is 5.92 Å². The van der Waals surface area contributed by atoms with Crippen LogP contribution in [0.4, 0.5) is 0 Å². The third-order valence-corrected chi connectivity index (χ3v) is 4.93. The Hall–Kier alpha value is -3.22. The van der Waals surface area contributed by atoms with E-state index in [0.29, 0.717) is 12.0 Å². The van der Waals surface area contributed by atoms with Crippen LogP contribution in [0.15, 0.2) is 24.3 Å². The molecule has 0 bridgehead atoms. The van der Waals surface area contributed by atoms with Crippen molar-refractivity contribution in [1.29, 1.82) is 0 Å². The van der Waals surface area contributed by atoms with Gasteiger partial charge in [0.1, 0.15) is 17.8 Å². The van der Waals surface area contributed by atoms with E-state index in [1.165, 1.54) is 31.2 Å². The standard InChI is InChI=1S/C22H34N4O8/c1-11(2)8-15(23)19(30)25-17(10-27)21(32)24-16(9-13-4-6-14(29)7-5-13)20(31)26-18(12(3)28)22(33)34/h4-7,11-12,15-18,27-29H,8-10,23H2,1-3H3,(H,24,32)(H,25,30)(H,26,31)(H,33,34). The van der Waals surface area contributed by atoms with E-state index in [4.69, 9.17) is 5.73 Å². The number of amides is 3. The number of hydrogen-bond donors (Lipinski definition) is 8. The minimum absolute atomic E-state index is 0.0189. The molecule has 0 aliphatic carbocycles. The molecule has 0 fully saturated rings. The van der Waals surface area contributed by atoms with Crippen molar-refractivity contribution in [2.75, 3.05) is 6.61 Å². The van der Waals surface area contributed by atoms with Crippen molar-refractivity contribution in [3.8, 4) is 5.75 Å². The van der Waals surface area contributed by atoms with E-state index in [1.807, 2.05) is 13.8 Å². The number of hydrogen-bond acceptors (Lipinski definition) is 8. The van der Waals surface area contributed by atoms with Gasteiger partial charge in [-0.15, -0.1) is 0 Å². The summed E-state index contributed by atoms with van der Waals surface area (Å²) in [5.74, 6) is -3.82. The summed E-state index contributed by atoms with van der Waals surface area (Å²) in [7, 11) is 0. The molecule has 0 spiro atoms. The molecule has 3 amide bonds. The highest BCUT2D eigenvalue weighted by molar-refractivity contribution is 5.94. The molecule has 12 heteroatoms. The summed E-state index contributed by atoms with van der Waals surface area (Å²) in [4.78, 5) is 49.2. The van der Waals surface area contributed by atoms with Crippen molar-refractivity contribution in [3.05, 3.63) is 29.8 Å². The molecule has 5 atom stereocenters. The van der Waals surface area contributed by atoms with Gasteiger partial charge in [-0.3, -0.25) is 14.4 Å². The van der Waals surface area contributed by atoms with Gasteiger partial charge in [0, 0.05) is 6.42 Å². The molecule has 1 aromatic carbocycles.